The Labute approximate surface area is 97.8 Å². The van der Waals surface area contributed by atoms with Crippen LogP contribution in [0.5, 0.6) is 0 Å². The molecule has 1 aromatic heterocycles. The van der Waals surface area contributed by atoms with Crippen LogP contribution in [0.4, 0.5) is 14.5 Å². The zero-order valence-corrected chi connectivity index (χ0v) is 10.1. The largest absolute Gasteiger partial charge is 0.355 e. The summed E-state index contributed by atoms with van der Waals surface area (Å²) in [5.74, 6) is -3.49. The van der Waals surface area contributed by atoms with Gasteiger partial charge in [-0.2, -0.15) is 8.78 Å². The van der Waals surface area contributed by atoms with Gasteiger partial charge in [0.1, 0.15) is 5.15 Å². The molecular formula is C6H4BrClF2N2O2S. The summed E-state index contributed by atoms with van der Waals surface area (Å²) < 4.78 is 47.4. The number of hydrogen-bond acceptors (Lipinski definition) is 3. The molecule has 0 radical (unpaired) electrons. The normalized spacial score (nSPS) is 11.8. The van der Waals surface area contributed by atoms with Crippen LogP contribution in [0.3, 0.4) is 0 Å². The van der Waals surface area contributed by atoms with E-state index in [0.29, 0.717) is 4.47 Å². The first-order chi connectivity index (χ1) is 6.83. The van der Waals surface area contributed by atoms with Crippen LogP contribution in [0.15, 0.2) is 16.7 Å². The lowest BCUT2D eigenvalue weighted by Crippen LogP contribution is -2.20. The molecule has 0 spiro atoms. The Morgan fingerprint density at radius 2 is 2.13 bits per heavy atom. The van der Waals surface area contributed by atoms with Gasteiger partial charge in [0.2, 0.25) is 0 Å². The molecule has 1 heterocycles. The van der Waals surface area contributed by atoms with Gasteiger partial charge in [-0.1, -0.05) is 11.6 Å². The first-order valence-corrected chi connectivity index (χ1v) is 6.15. The summed E-state index contributed by atoms with van der Waals surface area (Å²) in [5, 5.41) is 0.106. The van der Waals surface area contributed by atoms with Crippen molar-refractivity contribution in [1.82, 2.24) is 4.98 Å². The van der Waals surface area contributed by atoms with Gasteiger partial charge in [-0.3, -0.25) is 4.72 Å². The molecule has 0 saturated carbocycles. The number of rotatable bonds is 3. The molecule has 1 aromatic rings. The summed E-state index contributed by atoms with van der Waals surface area (Å²) in [6.45, 7) is 0. The predicted octanol–water partition coefficient (Wildman–Crippen LogP) is 2.46. The van der Waals surface area contributed by atoms with E-state index in [9.17, 15) is 17.2 Å². The van der Waals surface area contributed by atoms with Crippen LogP contribution in [-0.2, 0) is 10.0 Å². The molecule has 0 saturated heterocycles. The van der Waals surface area contributed by atoms with Crippen molar-refractivity contribution < 1.29 is 17.2 Å². The molecule has 15 heavy (non-hydrogen) atoms. The molecule has 0 aliphatic heterocycles. The fourth-order valence-corrected chi connectivity index (χ4v) is 1.67. The summed E-state index contributed by atoms with van der Waals surface area (Å²) in [6, 6.07) is 1.23. The molecule has 1 N–H and O–H groups in total. The summed E-state index contributed by atoms with van der Waals surface area (Å²) in [5.41, 5.74) is -0.0911. The summed E-state index contributed by atoms with van der Waals surface area (Å²) in [7, 11) is -4.67. The molecule has 4 nitrogen and oxygen atoms in total. The van der Waals surface area contributed by atoms with E-state index in [1.165, 1.54) is 6.07 Å². The van der Waals surface area contributed by atoms with Crippen LogP contribution < -0.4 is 4.72 Å². The number of pyridine rings is 1. The number of sulfonamides is 1. The van der Waals surface area contributed by atoms with Gasteiger partial charge in [0.15, 0.2) is 0 Å². The predicted molar refractivity (Wildman–Crippen MR) is 55.5 cm³/mol. The highest BCUT2D eigenvalue weighted by Crippen LogP contribution is 2.24. The second-order valence-corrected chi connectivity index (χ2v) is 5.27. The first kappa shape index (κ1) is 12.6. The molecule has 0 aliphatic carbocycles. The van der Waals surface area contributed by atoms with Gasteiger partial charge in [-0.05, 0) is 22.0 Å². The average Bonchev–Trinajstić information content (AvgIpc) is 2.10. The topological polar surface area (TPSA) is 59.1 Å². The van der Waals surface area contributed by atoms with Crippen LogP contribution in [0, 0.1) is 0 Å². The van der Waals surface area contributed by atoms with Gasteiger partial charge in [-0.15, -0.1) is 0 Å². The van der Waals surface area contributed by atoms with Gasteiger partial charge in [-0.25, -0.2) is 13.4 Å². The number of hydrogen-bond donors (Lipinski definition) is 1. The first-order valence-electron chi connectivity index (χ1n) is 3.44. The minimum Gasteiger partial charge on any atom is -0.277 e. The van der Waals surface area contributed by atoms with Crippen molar-refractivity contribution in [2.24, 2.45) is 0 Å². The van der Waals surface area contributed by atoms with Gasteiger partial charge in [0.05, 0.1) is 16.4 Å². The van der Waals surface area contributed by atoms with E-state index in [1.54, 1.807) is 4.72 Å². The maximum atomic E-state index is 12.0. The fraction of sp³-hybridized carbons (Fsp3) is 0.167. The molecular weight excluding hydrogens is 317 g/mol. The van der Waals surface area contributed by atoms with E-state index in [2.05, 4.69) is 20.9 Å². The lowest BCUT2D eigenvalue weighted by Gasteiger charge is -2.06. The van der Waals surface area contributed by atoms with Crippen molar-refractivity contribution in [3.8, 4) is 0 Å². The number of nitrogens with zero attached hydrogens (tertiary/aromatic N) is 1. The molecule has 0 bridgehead atoms. The third-order valence-electron chi connectivity index (χ3n) is 1.29. The molecule has 1 rings (SSSR count). The lowest BCUT2D eigenvalue weighted by molar-refractivity contribution is 0.236. The van der Waals surface area contributed by atoms with Crippen molar-refractivity contribution in [2.75, 3.05) is 4.72 Å². The third-order valence-corrected chi connectivity index (χ3v) is 3.41. The standard InChI is InChI=1S/C6H4BrClF2N2O2S/c7-4-1-3(2-11-5(4)8)12-15(13,14)6(9)10/h1-2,6,12H. The van der Waals surface area contributed by atoms with Crippen molar-refractivity contribution in [3.63, 3.8) is 0 Å². The lowest BCUT2D eigenvalue weighted by atomic mass is 10.4. The monoisotopic (exact) mass is 320 g/mol. The minimum atomic E-state index is -4.67. The van der Waals surface area contributed by atoms with Crippen LogP contribution in [0.1, 0.15) is 0 Å². The maximum absolute atomic E-state index is 12.0. The SMILES string of the molecule is O=S(=O)(Nc1cnc(Cl)c(Br)c1)C(F)F. The Morgan fingerprint density at radius 3 is 2.60 bits per heavy atom. The number of alkyl halides is 2. The number of anilines is 1. The number of nitrogens with one attached hydrogen (secondary N) is 1. The maximum Gasteiger partial charge on any atom is 0.355 e. The van der Waals surface area contributed by atoms with E-state index >= 15 is 0 Å². The molecule has 0 unspecified atom stereocenters. The Hall–Kier alpha value is -0.470. The van der Waals surface area contributed by atoms with Crippen LogP contribution >= 0.6 is 27.5 Å². The average molecular weight is 322 g/mol. The molecule has 0 fully saturated rings. The van der Waals surface area contributed by atoms with Gasteiger partial charge in [0.25, 0.3) is 10.0 Å². The van der Waals surface area contributed by atoms with Gasteiger partial charge >= 0.3 is 5.76 Å². The quantitative estimate of drug-likeness (QED) is 0.870. The minimum absolute atomic E-state index is 0.0911. The second-order valence-electron chi connectivity index (χ2n) is 2.40. The van der Waals surface area contributed by atoms with Crippen LogP contribution in [0.2, 0.25) is 5.15 Å². The van der Waals surface area contributed by atoms with E-state index in [-0.39, 0.29) is 10.8 Å². The van der Waals surface area contributed by atoms with E-state index in [1.807, 2.05) is 0 Å². The Balaban J connectivity index is 2.96. The Bertz CT molecular complexity index is 468. The van der Waals surface area contributed by atoms with E-state index < -0.39 is 15.8 Å². The molecule has 84 valence electrons. The van der Waals surface area contributed by atoms with Crippen molar-refractivity contribution in [3.05, 3.63) is 21.9 Å². The van der Waals surface area contributed by atoms with E-state index in [4.69, 9.17) is 11.6 Å². The number of halogens is 4. The van der Waals surface area contributed by atoms with Gasteiger partial charge < -0.3 is 0 Å². The third kappa shape index (κ3) is 3.25. The van der Waals surface area contributed by atoms with Crippen molar-refractivity contribution in [2.45, 2.75) is 5.76 Å². The highest BCUT2D eigenvalue weighted by Gasteiger charge is 2.23. The van der Waals surface area contributed by atoms with Crippen molar-refractivity contribution >= 4 is 43.2 Å². The molecule has 0 aromatic carbocycles. The Morgan fingerprint density at radius 1 is 1.53 bits per heavy atom. The molecule has 0 amide bonds. The summed E-state index contributed by atoms with van der Waals surface area (Å²) >= 11 is 8.50. The Kier molecular flexibility index (Phi) is 3.85. The second kappa shape index (κ2) is 4.58. The van der Waals surface area contributed by atoms with Crippen LogP contribution in [0.25, 0.3) is 0 Å². The molecule has 9 heteroatoms. The zero-order valence-electron chi connectivity index (χ0n) is 6.92. The van der Waals surface area contributed by atoms with Crippen LogP contribution in [-0.4, -0.2) is 19.2 Å². The van der Waals surface area contributed by atoms with Crippen molar-refractivity contribution in [1.29, 1.82) is 0 Å². The number of aromatic nitrogens is 1. The summed E-state index contributed by atoms with van der Waals surface area (Å²) in [6.07, 6.45) is 1.03. The highest BCUT2D eigenvalue weighted by atomic mass is 79.9. The van der Waals surface area contributed by atoms with E-state index in [0.717, 1.165) is 6.20 Å². The van der Waals surface area contributed by atoms with Gasteiger partial charge in [0, 0.05) is 0 Å². The molecule has 0 atom stereocenters. The smallest absolute Gasteiger partial charge is 0.277 e. The highest BCUT2D eigenvalue weighted by molar-refractivity contribution is 9.10. The zero-order chi connectivity index (χ0) is 11.6. The fourth-order valence-electron chi connectivity index (χ4n) is 0.686. The molecule has 0 aliphatic rings. The summed E-state index contributed by atoms with van der Waals surface area (Å²) in [4.78, 5) is 3.57.